The molecule has 0 heterocycles. The first-order valence-corrected chi connectivity index (χ1v) is 5.82. The van der Waals surface area contributed by atoms with Gasteiger partial charge in [0.25, 0.3) is 0 Å². The number of guanidine groups is 1. The van der Waals surface area contributed by atoms with Gasteiger partial charge in [-0.15, -0.1) is 0 Å². The van der Waals surface area contributed by atoms with E-state index in [2.05, 4.69) is 25.3 Å². The molecule has 0 fully saturated rings. The van der Waals surface area contributed by atoms with E-state index >= 15 is 0 Å². The maximum Gasteiger partial charge on any atom is 0.183 e. The van der Waals surface area contributed by atoms with Crippen LogP contribution in [0.4, 0.5) is 0 Å². The lowest BCUT2D eigenvalue weighted by molar-refractivity contribution is 0.126. The summed E-state index contributed by atoms with van der Waals surface area (Å²) in [4.78, 5) is 0. The van der Waals surface area contributed by atoms with Crippen molar-refractivity contribution in [3.8, 4) is 0 Å². The Kier molecular flexibility index (Phi) is 17.4. The van der Waals surface area contributed by atoms with Crippen molar-refractivity contribution in [2.24, 2.45) is 11.5 Å². The normalized spacial score (nSPS) is 9.20. The highest BCUT2D eigenvalue weighted by molar-refractivity contribution is 5.71. The topological polar surface area (TPSA) is 85.1 Å². The average Bonchev–Trinajstić information content (AvgIpc) is 2.16. The zero-order valence-electron chi connectivity index (χ0n) is 10.2. The molecule has 0 aliphatic carbocycles. The first kappa shape index (κ1) is 16.7. The summed E-state index contributed by atoms with van der Waals surface area (Å²) in [7, 11) is 0. The molecule has 0 aliphatic heterocycles. The number of nitrogens with one attached hydrogen (secondary N) is 1. The summed E-state index contributed by atoms with van der Waals surface area (Å²) < 4.78 is 5.44. The van der Waals surface area contributed by atoms with E-state index < -0.39 is 0 Å². The van der Waals surface area contributed by atoms with Crippen LogP contribution in [0.2, 0.25) is 0 Å². The molecule has 0 aromatic heterocycles. The number of nitrogens with two attached hydrogens (primary N) is 2. The highest BCUT2D eigenvalue weighted by atomic mass is 16.5. The van der Waals surface area contributed by atoms with Gasteiger partial charge in [0.1, 0.15) is 0 Å². The second-order valence-corrected chi connectivity index (χ2v) is 3.48. The lowest BCUT2D eigenvalue weighted by Gasteiger charge is -2.01. The van der Waals surface area contributed by atoms with E-state index in [1.165, 1.54) is 38.5 Å². The summed E-state index contributed by atoms with van der Waals surface area (Å²) in [6.45, 7) is 6.38. The largest absolute Gasteiger partial charge is 0.381 e. The molecule has 0 radical (unpaired) electrons. The molecule has 0 rings (SSSR count). The van der Waals surface area contributed by atoms with E-state index in [9.17, 15) is 0 Å². The number of hydrogen-bond acceptors (Lipinski definition) is 2. The Morgan fingerprint density at radius 2 is 1.27 bits per heavy atom. The van der Waals surface area contributed by atoms with E-state index in [0.717, 1.165) is 13.2 Å². The van der Waals surface area contributed by atoms with Gasteiger partial charge in [-0.25, -0.2) is 0 Å². The molecular weight excluding hydrogens is 190 g/mol. The monoisotopic (exact) mass is 217 g/mol. The van der Waals surface area contributed by atoms with Crippen molar-refractivity contribution in [1.82, 2.24) is 0 Å². The van der Waals surface area contributed by atoms with Crippen molar-refractivity contribution in [1.29, 1.82) is 5.41 Å². The van der Waals surface area contributed by atoms with Crippen LogP contribution in [0.1, 0.15) is 52.4 Å². The van der Waals surface area contributed by atoms with E-state index in [-0.39, 0.29) is 5.96 Å². The molecule has 0 unspecified atom stereocenters. The Labute approximate surface area is 93.9 Å². The summed E-state index contributed by atoms with van der Waals surface area (Å²) in [5.74, 6) is -0.333. The van der Waals surface area contributed by atoms with Crippen LogP contribution in [0, 0.1) is 5.41 Å². The SMILES string of the molecule is CCCCCOCCCCC.N=C(N)N. The lowest BCUT2D eigenvalue weighted by atomic mass is 10.2. The zero-order valence-corrected chi connectivity index (χ0v) is 10.2. The van der Waals surface area contributed by atoms with Crippen molar-refractivity contribution in [3.05, 3.63) is 0 Å². The molecule has 92 valence electrons. The number of hydrogen-bond donors (Lipinski definition) is 3. The second kappa shape index (κ2) is 15.7. The quantitative estimate of drug-likeness (QED) is 0.331. The van der Waals surface area contributed by atoms with Gasteiger partial charge in [0, 0.05) is 13.2 Å². The second-order valence-electron chi connectivity index (χ2n) is 3.48. The molecule has 0 saturated heterocycles. The van der Waals surface area contributed by atoms with Crippen LogP contribution in [-0.2, 0) is 4.74 Å². The molecule has 0 saturated carbocycles. The number of rotatable bonds is 8. The van der Waals surface area contributed by atoms with Gasteiger partial charge in [-0.1, -0.05) is 39.5 Å². The first-order chi connectivity index (χ1) is 7.15. The Balaban J connectivity index is 0. The summed E-state index contributed by atoms with van der Waals surface area (Å²) >= 11 is 0. The Hall–Kier alpha value is -0.770. The fourth-order valence-corrected chi connectivity index (χ4v) is 1.01. The minimum absolute atomic E-state index is 0.333. The van der Waals surface area contributed by atoms with Crippen molar-refractivity contribution < 1.29 is 4.74 Å². The van der Waals surface area contributed by atoms with Crippen LogP contribution in [0.25, 0.3) is 0 Å². The molecule has 0 aromatic carbocycles. The van der Waals surface area contributed by atoms with Gasteiger partial charge >= 0.3 is 0 Å². The highest BCUT2D eigenvalue weighted by Gasteiger charge is 1.88. The highest BCUT2D eigenvalue weighted by Crippen LogP contribution is 1.97. The van der Waals surface area contributed by atoms with E-state index in [1.807, 2.05) is 0 Å². The summed E-state index contributed by atoms with van der Waals surface area (Å²) in [5.41, 5.74) is 8.94. The molecule has 4 heteroatoms. The van der Waals surface area contributed by atoms with Gasteiger partial charge in [0.05, 0.1) is 0 Å². The van der Waals surface area contributed by atoms with Crippen molar-refractivity contribution in [2.75, 3.05) is 13.2 Å². The third-order valence-corrected chi connectivity index (χ3v) is 1.78. The van der Waals surface area contributed by atoms with Gasteiger partial charge < -0.3 is 16.2 Å². The zero-order chi connectivity index (χ0) is 11.9. The molecule has 0 amide bonds. The number of ether oxygens (including phenoxy) is 1. The van der Waals surface area contributed by atoms with Crippen LogP contribution in [0.15, 0.2) is 0 Å². The van der Waals surface area contributed by atoms with Crippen molar-refractivity contribution >= 4 is 5.96 Å². The summed E-state index contributed by atoms with van der Waals surface area (Å²) in [6, 6.07) is 0. The van der Waals surface area contributed by atoms with Gasteiger partial charge in [-0.3, -0.25) is 5.41 Å². The smallest absolute Gasteiger partial charge is 0.183 e. The van der Waals surface area contributed by atoms with Crippen LogP contribution < -0.4 is 11.5 Å². The third-order valence-electron chi connectivity index (χ3n) is 1.78. The summed E-state index contributed by atoms with van der Waals surface area (Å²) in [5, 5.41) is 6.06. The molecule has 5 N–H and O–H groups in total. The predicted octanol–water partition coefficient (Wildman–Crippen LogP) is 2.22. The molecule has 0 bridgehead atoms. The van der Waals surface area contributed by atoms with E-state index in [0.29, 0.717) is 0 Å². The Morgan fingerprint density at radius 3 is 1.53 bits per heavy atom. The average molecular weight is 217 g/mol. The van der Waals surface area contributed by atoms with Crippen LogP contribution in [0.3, 0.4) is 0 Å². The number of unbranched alkanes of at least 4 members (excludes halogenated alkanes) is 4. The summed E-state index contributed by atoms with van der Waals surface area (Å²) in [6.07, 6.45) is 7.68. The molecule has 4 nitrogen and oxygen atoms in total. The minimum Gasteiger partial charge on any atom is -0.381 e. The van der Waals surface area contributed by atoms with Gasteiger partial charge in [-0.2, -0.15) is 0 Å². The molecule has 15 heavy (non-hydrogen) atoms. The van der Waals surface area contributed by atoms with Crippen molar-refractivity contribution in [3.63, 3.8) is 0 Å². The van der Waals surface area contributed by atoms with Gasteiger partial charge in [0.15, 0.2) is 5.96 Å². The fourth-order valence-electron chi connectivity index (χ4n) is 1.01. The van der Waals surface area contributed by atoms with E-state index in [4.69, 9.17) is 10.1 Å². The lowest BCUT2D eigenvalue weighted by Crippen LogP contribution is -2.20. The predicted molar refractivity (Wildman–Crippen MR) is 66.0 cm³/mol. The van der Waals surface area contributed by atoms with Gasteiger partial charge in [-0.05, 0) is 12.8 Å². The maximum atomic E-state index is 6.06. The van der Waals surface area contributed by atoms with Crippen LogP contribution >= 0.6 is 0 Å². The van der Waals surface area contributed by atoms with E-state index in [1.54, 1.807) is 0 Å². The molecule has 0 atom stereocenters. The molecule has 0 aliphatic rings. The first-order valence-electron chi connectivity index (χ1n) is 5.82. The molecule has 0 aromatic rings. The fraction of sp³-hybridized carbons (Fsp3) is 0.909. The van der Waals surface area contributed by atoms with Crippen LogP contribution in [0.5, 0.6) is 0 Å². The maximum absolute atomic E-state index is 6.06. The van der Waals surface area contributed by atoms with Gasteiger partial charge in [0.2, 0.25) is 0 Å². The van der Waals surface area contributed by atoms with Crippen molar-refractivity contribution in [2.45, 2.75) is 52.4 Å². The Bertz CT molecular complexity index is 117. The minimum atomic E-state index is -0.333. The molecular formula is C11H27N3O. The van der Waals surface area contributed by atoms with Crippen LogP contribution in [-0.4, -0.2) is 19.2 Å². The molecule has 0 spiro atoms. The standard InChI is InChI=1S/C10H22O.CH5N3/c1-3-5-7-9-11-10-8-6-4-2;2-1(3)4/h3-10H2,1-2H3;(H5,2,3,4). The third kappa shape index (κ3) is 31.9. The Morgan fingerprint density at radius 1 is 0.933 bits per heavy atom.